The van der Waals surface area contributed by atoms with E-state index in [0.29, 0.717) is 0 Å². The van der Waals surface area contributed by atoms with Crippen molar-refractivity contribution in [2.45, 2.75) is 11.3 Å². The van der Waals surface area contributed by atoms with E-state index in [4.69, 9.17) is 5.73 Å². The first kappa shape index (κ1) is 11.1. The zero-order valence-electron chi connectivity index (χ0n) is 9.31. The van der Waals surface area contributed by atoms with E-state index >= 15 is 0 Å². The Morgan fingerprint density at radius 1 is 0.875 bits per heavy atom. The van der Waals surface area contributed by atoms with Gasteiger partial charge in [-0.05, 0) is 48.1 Å². The van der Waals surface area contributed by atoms with Gasteiger partial charge in [0.15, 0.2) is 0 Å². The summed E-state index contributed by atoms with van der Waals surface area (Å²) in [7, 11) is 0. The van der Waals surface area contributed by atoms with Crippen LogP contribution in [0.1, 0.15) is 11.1 Å². The highest BCUT2D eigenvalue weighted by Crippen LogP contribution is 2.17. The number of thioether (sulfide) groups is 1. The smallest absolute Gasteiger partial charge is 0.0314 e. The minimum absolute atomic E-state index is 0.821. The van der Waals surface area contributed by atoms with Crippen LogP contribution in [0.5, 0.6) is 0 Å². The minimum atomic E-state index is 0.821. The molecule has 0 aliphatic rings. The van der Waals surface area contributed by atoms with Crippen LogP contribution in [0.15, 0.2) is 53.4 Å². The Morgan fingerprint density at radius 2 is 1.38 bits per heavy atom. The lowest BCUT2D eigenvalue weighted by molar-refractivity contribution is 1.18. The lowest BCUT2D eigenvalue weighted by atomic mass is 10.1. The van der Waals surface area contributed by atoms with Crippen LogP contribution in [0.4, 0.5) is 5.69 Å². The first-order chi connectivity index (χ1) is 7.78. The van der Waals surface area contributed by atoms with Crippen molar-refractivity contribution in [2.75, 3.05) is 12.0 Å². The molecule has 0 spiro atoms. The second-order valence-electron chi connectivity index (χ2n) is 3.77. The van der Waals surface area contributed by atoms with Crippen molar-refractivity contribution in [1.82, 2.24) is 0 Å². The summed E-state index contributed by atoms with van der Waals surface area (Å²) in [5, 5.41) is 0. The van der Waals surface area contributed by atoms with Gasteiger partial charge in [-0.1, -0.05) is 24.3 Å². The number of hydrogen-bond acceptors (Lipinski definition) is 2. The highest BCUT2D eigenvalue weighted by Gasteiger charge is 1.96. The molecule has 0 atom stereocenters. The number of hydrogen-bond donors (Lipinski definition) is 1. The maximum Gasteiger partial charge on any atom is 0.0314 e. The largest absolute Gasteiger partial charge is 0.399 e. The molecule has 2 aromatic rings. The quantitative estimate of drug-likeness (QED) is 0.643. The van der Waals surface area contributed by atoms with Crippen LogP contribution in [-0.2, 0) is 6.42 Å². The highest BCUT2D eigenvalue weighted by atomic mass is 32.2. The Morgan fingerprint density at radius 3 is 1.88 bits per heavy atom. The Balaban J connectivity index is 2.11. The average molecular weight is 229 g/mol. The van der Waals surface area contributed by atoms with Crippen molar-refractivity contribution >= 4 is 17.4 Å². The van der Waals surface area contributed by atoms with Gasteiger partial charge in [-0.2, -0.15) is 0 Å². The maximum atomic E-state index is 5.66. The van der Waals surface area contributed by atoms with E-state index in [1.165, 1.54) is 16.0 Å². The average Bonchev–Trinajstić information content (AvgIpc) is 2.33. The molecule has 0 heterocycles. The molecule has 0 saturated heterocycles. The summed E-state index contributed by atoms with van der Waals surface area (Å²) in [6.07, 6.45) is 3.06. The van der Waals surface area contributed by atoms with Crippen molar-refractivity contribution in [3.8, 4) is 0 Å². The van der Waals surface area contributed by atoms with Gasteiger partial charge in [0.2, 0.25) is 0 Å². The second kappa shape index (κ2) is 5.08. The van der Waals surface area contributed by atoms with E-state index in [9.17, 15) is 0 Å². The van der Waals surface area contributed by atoms with Crippen molar-refractivity contribution in [1.29, 1.82) is 0 Å². The Bertz CT molecular complexity index is 445. The van der Waals surface area contributed by atoms with E-state index in [-0.39, 0.29) is 0 Å². The van der Waals surface area contributed by atoms with Crippen LogP contribution in [0, 0.1) is 0 Å². The molecule has 2 rings (SSSR count). The zero-order chi connectivity index (χ0) is 11.4. The minimum Gasteiger partial charge on any atom is -0.399 e. The fourth-order valence-electron chi connectivity index (χ4n) is 1.61. The molecule has 1 nitrogen and oxygen atoms in total. The standard InChI is InChI=1S/C14H15NS/c1-16-14-8-4-12(5-9-14)10-11-2-6-13(15)7-3-11/h2-9H,10,15H2,1H3. The Labute approximate surface area is 101 Å². The molecule has 0 unspecified atom stereocenters. The van der Waals surface area contributed by atoms with Gasteiger partial charge in [0.1, 0.15) is 0 Å². The van der Waals surface area contributed by atoms with Gasteiger partial charge in [0, 0.05) is 10.6 Å². The van der Waals surface area contributed by atoms with Gasteiger partial charge in [0.05, 0.1) is 0 Å². The van der Waals surface area contributed by atoms with E-state index in [0.717, 1.165) is 12.1 Å². The monoisotopic (exact) mass is 229 g/mol. The SMILES string of the molecule is CSc1ccc(Cc2ccc(N)cc2)cc1. The molecule has 0 saturated carbocycles. The summed E-state index contributed by atoms with van der Waals surface area (Å²) in [5.74, 6) is 0. The molecule has 16 heavy (non-hydrogen) atoms. The van der Waals surface area contributed by atoms with Crippen molar-refractivity contribution in [2.24, 2.45) is 0 Å². The van der Waals surface area contributed by atoms with Gasteiger partial charge >= 0.3 is 0 Å². The topological polar surface area (TPSA) is 26.0 Å². The lowest BCUT2D eigenvalue weighted by Gasteiger charge is -2.03. The van der Waals surface area contributed by atoms with Crippen LogP contribution in [-0.4, -0.2) is 6.26 Å². The van der Waals surface area contributed by atoms with Gasteiger partial charge in [-0.3, -0.25) is 0 Å². The van der Waals surface area contributed by atoms with Gasteiger partial charge in [-0.15, -0.1) is 11.8 Å². The van der Waals surface area contributed by atoms with E-state index < -0.39 is 0 Å². The van der Waals surface area contributed by atoms with Crippen LogP contribution < -0.4 is 5.73 Å². The fourth-order valence-corrected chi connectivity index (χ4v) is 2.02. The third-order valence-electron chi connectivity index (χ3n) is 2.55. The first-order valence-electron chi connectivity index (χ1n) is 5.25. The summed E-state index contributed by atoms with van der Waals surface area (Å²) < 4.78 is 0. The van der Waals surface area contributed by atoms with Crippen LogP contribution in [0.3, 0.4) is 0 Å². The van der Waals surface area contributed by atoms with Crippen molar-refractivity contribution < 1.29 is 0 Å². The lowest BCUT2D eigenvalue weighted by Crippen LogP contribution is -1.89. The normalized spacial score (nSPS) is 10.3. The molecule has 2 N–H and O–H groups in total. The molecule has 0 aromatic heterocycles. The fraction of sp³-hybridized carbons (Fsp3) is 0.143. The number of anilines is 1. The molecule has 0 aliphatic carbocycles. The number of rotatable bonds is 3. The molecular weight excluding hydrogens is 214 g/mol. The summed E-state index contributed by atoms with van der Waals surface area (Å²) in [5.41, 5.74) is 9.11. The van der Waals surface area contributed by atoms with Crippen LogP contribution in [0.2, 0.25) is 0 Å². The molecule has 0 aliphatic heterocycles. The third kappa shape index (κ3) is 2.80. The molecule has 82 valence electrons. The maximum absolute atomic E-state index is 5.66. The third-order valence-corrected chi connectivity index (χ3v) is 3.29. The van der Waals surface area contributed by atoms with E-state index in [1.807, 2.05) is 12.1 Å². The predicted molar refractivity (Wildman–Crippen MR) is 71.9 cm³/mol. The molecule has 0 radical (unpaired) electrons. The van der Waals surface area contributed by atoms with Crippen molar-refractivity contribution in [3.63, 3.8) is 0 Å². The van der Waals surface area contributed by atoms with Crippen molar-refractivity contribution in [3.05, 3.63) is 59.7 Å². The summed E-state index contributed by atoms with van der Waals surface area (Å²) in [4.78, 5) is 1.31. The molecule has 2 heteroatoms. The zero-order valence-corrected chi connectivity index (χ0v) is 10.1. The van der Waals surface area contributed by atoms with Gasteiger partial charge < -0.3 is 5.73 Å². The highest BCUT2D eigenvalue weighted by molar-refractivity contribution is 7.98. The first-order valence-corrected chi connectivity index (χ1v) is 6.48. The number of benzene rings is 2. The molecule has 2 aromatic carbocycles. The molecular formula is C14H15NS. The number of nitrogens with two attached hydrogens (primary N) is 1. The molecule has 0 bridgehead atoms. The second-order valence-corrected chi connectivity index (χ2v) is 4.65. The summed E-state index contributed by atoms with van der Waals surface area (Å²) >= 11 is 1.77. The number of nitrogen functional groups attached to an aromatic ring is 1. The summed E-state index contributed by atoms with van der Waals surface area (Å²) in [6, 6.07) is 16.8. The summed E-state index contributed by atoms with van der Waals surface area (Å²) in [6.45, 7) is 0. The molecule has 0 amide bonds. The molecule has 0 fully saturated rings. The Hall–Kier alpha value is -1.41. The van der Waals surface area contributed by atoms with Crippen LogP contribution >= 0.6 is 11.8 Å². The van der Waals surface area contributed by atoms with E-state index in [2.05, 4.69) is 42.7 Å². The van der Waals surface area contributed by atoms with Gasteiger partial charge in [0.25, 0.3) is 0 Å². The van der Waals surface area contributed by atoms with Gasteiger partial charge in [-0.25, -0.2) is 0 Å². The van der Waals surface area contributed by atoms with Crippen LogP contribution in [0.25, 0.3) is 0 Å². The van der Waals surface area contributed by atoms with E-state index in [1.54, 1.807) is 11.8 Å². The Kier molecular flexibility index (Phi) is 3.52. The predicted octanol–water partition coefficient (Wildman–Crippen LogP) is 3.58.